The van der Waals surface area contributed by atoms with Crippen molar-refractivity contribution in [2.75, 3.05) is 0 Å². The Labute approximate surface area is 170 Å². The molecular weight excluding hydrogens is 368 g/mol. The Bertz CT molecular complexity index is 971. The number of aromatic nitrogens is 2. The molecule has 2 aromatic rings. The zero-order chi connectivity index (χ0) is 20.7. The third-order valence-corrected chi connectivity index (χ3v) is 5.15. The lowest BCUT2D eigenvalue weighted by atomic mass is 10.0. The van der Waals surface area contributed by atoms with Crippen LogP contribution in [-0.2, 0) is 9.59 Å². The van der Waals surface area contributed by atoms with Crippen molar-refractivity contribution >= 4 is 34.6 Å². The fraction of sp³-hybridized carbons (Fsp3) is 0.261. The Balaban J connectivity index is 2.49. The zero-order valence-corrected chi connectivity index (χ0v) is 17.7. The molecule has 2 aromatic heterocycles. The van der Waals surface area contributed by atoms with Crippen molar-refractivity contribution in [1.82, 2.24) is 9.97 Å². The minimum atomic E-state index is -0.110. The molecule has 2 rings (SSSR count). The molecule has 28 heavy (non-hydrogen) atoms. The van der Waals surface area contributed by atoms with Crippen LogP contribution in [0, 0.1) is 6.92 Å². The summed E-state index contributed by atoms with van der Waals surface area (Å²) in [4.78, 5) is 32.1. The number of allylic oxidation sites excluding steroid dienone is 6. The van der Waals surface area contributed by atoms with Gasteiger partial charge in [0, 0.05) is 34.0 Å². The first-order valence-electron chi connectivity index (χ1n) is 9.26. The minimum absolute atomic E-state index is 0.0536. The summed E-state index contributed by atoms with van der Waals surface area (Å²) >= 11 is 1.40. The predicted octanol–water partition coefficient (Wildman–Crippen LogP) is 5.93. The molecule has 0 spiro atoms. The van der Waals surface area contributed by atoms with E-state index in [0.29, 0.717) is 16.2 Å². The molecule has 0 atom stereocenters. The molecule has 146 valence electrons. The second kappa shape index (κ2) is 9.95. The number of aromatic amines is 1. The number of carbonyl (C=O) groups is 2. The van der Waals surface area contributed by atoms with Crippen LogP contribution < -0.4 is 0 Å². The molecule has 1 N–H and O–H groups in total. The number of hydrogen-bond donors (Lipinski definition) is 1. The molecule has 2 heterocycles. The molecule has 4 nitrogen and oxygen atoms in total. The van der Waals surface area contributed by atoms with Crippen molar-refractivity contribution in [3.8, 4) is 11.3 Å². The van der Waals surface area contributed by atoms with Gasteiger partial charge in [-0.2, -0.15) is 0 Å². The average molecular weight is 395 g/mol. The van der Waals surface area contributed by atoms with Crippen molar-refractivity contribution in [3.63, 3.8) is 0 Å². The van der Waals surface area contributed by atoms with Gasteiger partial charge in [-0.25, -0.2) is 4.98 Å². The SMILES string of the molecule is C=C/C=C\c1c(-c2csc(/C(=C/C(=C\CCC)C(C)=O)C(C)=O)n2)c[nH]c1C. The van der Waals surface area contributed by atoms with E-state index in [1.165, 1.54) is 25.2 Å². The van der Waals surface area contributed by atoms with E-state index in [-0.39, 0.29) is 11.6 Å². The monoisotopic (exact) mass is 394 g/mol. The first-order chi connectivity index (χ1) is 13.4. The number of aryl methyl sites for hydroxylation is 1. The van der Waals surface area contributed by atoms with Gasteiger partial charge in [0.1, 0.15) is 5.01 Å². The van der Waals surface area contributed by atoms with Crippen LogP contribution in [0.15, 0.2) is 48.0 Å². The molecule has 0 radical (unpaired) electrons. The van der Waals surface area contributed by atoms with Crippen LogP contribution in [0.25, 0.3) is 22.9 Å². The maximum atomic E-state index is 12.3. The highest BCUT2D eigenvalue weighted by atomic mass is 32.1. The smallest absolute Gasteiger partial charge is 0.162 e. The molecule has 0 unspecified atom stereocenters. The molecule has 0 fully saturated rings. The molecule has 0 saturated heterocycles. The van der Waals surface area contributed by atoms with Gasteiger partial charge in [0.2, 0.25) is 0 Å². The summed E-state index contributed by atoms with van der Waals surface area (Å²) in [5.74, 6) is -0.163. The molecule has 0 aliphatic rings. The fourth-order valence-corrected chi connectivity index (χ4v) is 3.61. The highest BCUT2D eigenvalue weighted by Crippen LogP contribution is 2.31. The minimum Gasteiger partial charge on any atom is -0.364 e. The van der Waals surface area contributed by atoms with Crippen molar-refractivity contribution in [2.24, 2.45) is 0 Å². The van der Waals surface area contributed by atoms with Crippen LogP contribution in [0.3, 0.4) is 0 Å². The van der Waals surface area contributed by atoms with Gasteiger partial charge in [-0.3, -0.25) is 9.59 Å². The average Bonchev–Trinajstić information content (AvgIpc) is 3.26. The molecule has 0 aliphatic heterocycles. The van der Waals surface area contributed by atoms with Crippen molar-refractivity contribution < 1.29 is 9.59 Å². The molecule has 0 aromatic carbocycles. The van der Waals surface area contributed by atoms with E-state index in [2.05, 4.69) is 16.5 Å². The first-order valence-corrected chi connectivity index (χ1v) is 10.1. The van der Waals surface area contributed by atoms with E-state index in [1.807, 2.05) is 43.7 Å². The Morgan fingerprint density at radius 2 is 2.04 bits per heavy atom. The van der Waals surface area contributed by atoms with E-state index in [9.17, 15) is 9.59 Å². The van der Waals surface area contributed by atoms with Gasteiger partial charge < -0.3 is 4.98 Å². The van der Waals surface area contributed by atoms with E-state index >= 15 is 0 Å². The number of Topliss-reactive ketones (excluding diaryl/α,β-unsaturated/α-hetero) is 2. The van der Waals surface area contributed by atoms with Crippen LogP contribution in [-0.4, -0.2) is 21.5 Å². The lowest BCUT2D eigenvalue weighted by Gasteiger charge is -2.02. The van der Waals surface area contributed by atoms with Crippen LogP contribution in [0.4, 0.5) is 0 Å². The van der Waals surface area contributed by atoms with Gasteiger partial charge in [-0.05, 0) is 33.3 Å². The van der Waals surface area contributed by atoms with Crippen molar-refractivity contribution in [3.05, 3.63) is 64.3 Å². The Morgan fingerprint density at radius 3 is 2.64 bits per heavy atom. The lowest BCUT2D eigenvalue weighted by Crippen LogP contribution is -2.00. The number of carbonyl (C=O) groups excluding carboxylic acids is 2. The van der Waals surface area contributed by atoms with Crippen LogP contribution in [0.2, 0.25) is 0 Å². The maximum absolute atomic E-state index is 12.3. The Hall–Kier alpha value is -2.79. The molecule has 0 amide bonds. The Morgan fingerprint density at radius 1 is 1.29 bits per heavy atom. The van der Waals surface area contributed by atoms with Gasteiger partial charge >= 0.3 is 0 Å². The summed E-state index contributed by atoms with van der Waals surface area (Å²) in [7, 11) is 0. The van der Waals surface area contributed by atoms with Crippen molar-refractivity contribution in [1.29, 1.82) is 0 Å². The fourth-order valence-electron chi connectivity index (χ4n) is 2.72. The summed E-state index contributed by atoms with van der Waals surface area (Å²) in [6.07, 6.45) is 12.8. The van der Waals surface area contributed by atoms with E-state index in [4.69, 9.17) is 0 Å². The number of ketones is 2. The highest BCUT2D eigenvalue weighted by molar-refractivity contribution is 7.11. The normalized spacial score (nSPS) is 12.6. The number of nitrogens with zero attached hydrogens (tertiary/aromatic N) is 1. The number of nitrogens with one attached hydrogen (secondary N) is 1. The predicted molar refractivity (Wildman–Crippen MR) is 118 cm³/mol. The van der Waals surface area contributed by atoms with Gasteiger partial charge in [-0.15, -0.1) is 11.3 Å². The summed E-state index contributed by atoms with van der Waals surface area (Å²) in [5, 5.41) is 2.55. The second-order valence-electron chi connectivity index (χ2n) is 6.49. The van der Waals surface area contributed by atoms with Gasteiger partial charge in [0.15, 0.2) is 11.6 Å². The first kappa shape index (κ1) is 21.5. The third-order valence-electron chi connectivity index (χ3n) is 4.28. The van der Waals surface area contributed by atoms with Crippen LogP contribution >= 0.6 is 11.3 Å². The van der Waals surface area contributed by atoms with Gasteiger partial charge in [-0.1, -0.05) is 44.2 Å². The Kier molecular flexibility index (Phi) is 7.64. The molecule has 0 saturated carbocycles. The topological polar surface area (TPSA) is 62.8 Å². The summed E-state index contributed by atoms with van der Waals surface area (Å²) < 4.78 is 0. The molecule has 0 aliphatic carbocycles. The van der Waals surface area contributed by atoms with Crippen LogP contribution in [0.1, 0.15) is 49.9 Å². The molecule has 0 bridgehead atoms. The summed E-state index contributed by atoms with van der Waals surface area (Å²) in [6, 6.07) is 0. The lowest BCUT2D eigenvalue weighted by molar-refractivity contribution is -0.113. The number of unbranched alkanes of at least 4 members (excludes halogenated alkanes) is 1. The summed E-state index contributed by atoms with van der Waals surface area (Å²) in [5.41, 5.74) is 4.85. The standard InChI is InChI=1S/C23H26N2O2S/c1-6-8-10-18(16(4)26)12-20(17(5)27)23-25-22(14-28-23)21-13-24-15(3)19(21)11-9-7-2/h7,9-14,24H,2,6,8H2,1,3-5H3/b11-9-,18-10+,20-12+. The largest absolute Gasteiger partial charge is 0.364 e. The van der Waals surface area contributed by atoms with E-state index in [1.54, 1.807) is 12.2 Å². The number of rotatable bonds is 9. The highest BCUT2D eigenvalue weighted by Gasteiger charge is 2.17. The van der Waals surface area contributed by atoms with Crippen molar-refractivity contribution in [2.45, 2.75) is 40.5 Å². The third kappa shape index (κ3) is 5.14. The number of hydrogen-bond acceptors (Lipinski definition) is 4. The molecule has 5 heteroatoms. The molecular formula is C23H26N2O2S. The number of thiazole rings is 1. The van der Waals surface area contributed by atoms with Gasteiger partial charge in [0.05, 0.1) is 11.3 Å². The quantitative estimate of drug-likeness (QED) is 0.423. The maximum Gasteiger partial charge on any atom is 0.162 e. The van der Waals surface area contributed by atoms with Gasteiger partial charge in [0.25, 0.3) is 0 Å². The summed E-state index contributed by atoms with van der Waals surface area (Å²) in [6.45, 7) is 10.8. The van der Waals surface area contributed by atoms with Crippen LogP contribution in [0.5, 0.6) is 0 Å². The second-order valence-corrected chi connectivity index (χ2v) is 7.35. The van der Waals surface area contributed by atoms with E-state index in [0.717, 1.165) is 35.4 Å². The zero-order valence-electron chi connectivity index (χ0n) is 16.8. The number of H-pyrrole nitrogens is 1. The van der Waals surface area contributed by atoms with E-state index < -0.39 is 0 Å².